The van der Waals surface area contributed by atoms with E-state index in [1.807, 2.05) is 0 Å². The van der Waals surface area contributed by atoms with Gasteiger partial charge in [-0.25, -0.2) is 0 Å². The second-order valence-electron chi connectivity index (χ2n) is 6.35. The predicted molar refractivity (Wildman–Crippen MR) is 88.9 cm³/mol. The highest BCUT2D eigenvalue weighted by Crippen LogP contribution is 2.53. The van der Waals surface area contributed by atoms with Crippen molar-refractivity contribution in [2.45, 2.75) is 24.8 Å². The predicted octanol–water partition coefficient (Wildman–Crippen LogP) is 3.02. The molecule has 1 atom stereocenters. The van der Waals surface area contributed by atoms with Gasteiger partial charge >= 0.3 is 0 Å². The van der Waals surface area contributed by atoms with E-state index < -0.39 is 0 Å². The molecule has 4 nitrogen and oxygen atoms in total. The molecule has 1 aliphatic carbocycles. The number of benzene rings is 1. The fourth-order valence-electron chi connectivity index (χ4n) is 4.51. The topological polar surface area (TPSA) is 30.9 Å². The lowest BCUT2D eigenvalue weighted by Crippen LogP contribution is -2.49. The number of methoxy groups -OCH3 is 3. The van der Waals surface area contributed by atoms with Crippen molar-refractivity contribution in [3.63, 3.8) is 0 Å². The van der Waals surface area contributed by atoms with Crippen LogP contribution in [0.1, 0.15) is 24.0 Å². The van der Waals surface area contributed by atoms with Gasteiger partial charge in [0.2, 0.25) is 0 Å². The molecule has 1 aromatic rings. The van der Waals surface area contributed by atoms with Crippen molar-refractivity contribution in [1.82, 2.24) is 4.90 Å². The van der Waals surface area contributed by atoms with Crippen LogP contribution >= 0.6 is 0 Å². The van der Waals surface area contributed by atoms with E-state index in [0.29, 0.717) is 0 Å². The van der Waals surface area contributed by atoms with Crippen molar-refractivity contribution in [2.75, 3.05) is 34.4 Å². The summed E-state index contributed by atoms with van der Waals surface area (Å²) in [5.41, 5.74) is 3.98. The molecule has 0 bridgehead atoms. The van der Waals surface area contributed by atoms with Gasteiger partial charge in [-0.2, -0.15) is 0 Å². The summed E-state index contributed by atoms with van der Waals surface area (Å²) in [7, 11) is 5.17. The minimum atomic E-state index is -0.0623. The average Bonchev–Trinajstić information content (AvgIpc) is 3.00. The van der Waals surface area contributed by atoms with Gasteiger partial charge in [-0.05, 0) is 48.6 Å². The first-order valence-corrected chi connectivity index (χ1v) is 8.20. The highest BCUT2D eigenvalue weighted by atomic mass is 16.5. The van der Waals surface area contributed by atoms with Crippen LogP contribution in [0, 0.1) is 0 Å². The molecule has 0 radical (unpaired) electrons. The molecule has 0 saturated heterocycles. The van der Waals surface area contributed by atoms with Gasteiger partial charge in [0, 0.05) is 18.7 Å². The van der Waals surface area contributed by atoms with Crippen LogP contribution in [0.4, 0.5) is 0 Å². The average molecular weight is 313 g/mol. The van der Waals surface area contributed by atoms with Gasteiger partial charge in [0.25, 0.3) is 0 Å². The first kappa shape index (κ1) is 14.6. The maximum atomic E-state index is 5.68. The summed E-state index contributed by atoms with van der Waals surface area (Å²) in [5.74, 6) is 2.65. The van der Waals surface area contributed by atoms with E-state index in [1.54, 1.807) is 21.3 Å². The molecule has 0 saturated carbocycles. The summed E-state index contributed by atoms with van der Waals surface area (Å²) in [6.45, 7) is 2.06. The minimum absolute atomic E-state index is 0.0623. The Morgan fingerprint density at radius 1 is 1.00 bits per heavy atom. The summed E-state index contributed by atoms with van der Waals surface area (Å²) >= 11 is 0. The van der Waals surface area contributed by atoms with Gasteiger partial charge in [0.15, 0.2) is 11.5 Å². The van der Waals surface area contributed by atoms with Crippen LogP contribution in [-0.4, -0.2) is 39.3 Å². The molecule has 122 valence electrons. The van der Waals surface area contributed by atoms with Crippen molar-refractivity contribution < 1.29 is 14.2 Å². The molecule has 1 spiro atoms. The maximum Gasteiger partial charge on any atom is 0.161 e. The van der Waals surface area contributed by atoms with Crippen LogP contribution < -0.4 is 9.47 Å². The fraction of sp³-hybridized carbons (Fsp3) is 0.474. The summed E-state index contributed by atoms with van der Waals surface area (Å²) in [6, 6.07) is 4.33. The smallest absolute Gasteiger partial charge is 0.161 e. The van der Waals surface area contributed by atoms with E-state index in [1.165, 1.54) is 16.7 Å². The molecule has 0 unspecified atom stereocenters. The van der Waals surface area contributed by atoms with Gasteiger partial charge < -0.3 is 14.2 Å². The molecule has 0 amide bonds. The zero-order chi connectivity index (χ0) is 16.0. The summed E-state index contributed by atoms with van der Waals surface area (Å²) < 4.78 is 16.7. The van der Waals surface area contributed by atoms with Crippen LogP contribution in [0.25, 0.3) is 0 Å². The van der Waals surface area contributed by atoms with Crippen molar-refractivity contribution in [2.24, 2.45) is 0 Å². The van der Waals surface area contributed by atoms with Crippen molar-refractivity contribution in [3.05, 3.63) is 46.7 Å². The summed E-state index contributed by atoms with van der Waals surface area (Å²) in [6.07, 6.45) is 7.72. The Morgan fingerprint density at radius 2 is 1.78 bits per heavy atom. The molecule has 2 aliphatic heterocycles. The monoisotopic (exact) mass is 313 g/mol. The van der Waals surface area contributed by atoms with Crippen LogP contribution in [0.5, 0.6) is 11.5 Å². The molecule has 1 aromatic carbocycles. The molecule has 3 aliphatic rings. The maximum absolute atomic E-state index is 5.68. The number of hydrogen-bond donors (Lipinski definition) is 0. The van der Waals surface area contributed by atoms with E-state index in [4.69, 9.17) is 14.2 Å². The summed E-state index contributed by atoms with van der Waals surface area (Å²) in [4.78, 5) is 2.59. The molecular weight excluding hydrogens is 290 g/mol. The van der Waals surface area contributed by atoms with E-state index in [0.717, 1.165) is 49.6 Å². The van der Waals surface area contributed by atoms with Gasteiger partial charge in [-0.3, -0.25) is 4.90 Å². The second-order valence-corrected chi connectivity index (χ2v) is 6.35. The van der Waals surface area contributed by atoms with Crippen molar-refractivity contribution >= 4 is 0 Å². The molecule has 0 aromatic heterocycles. The first-order valence-electron chi connectivity index (χ1n) is 8.20. The highest BCUT2D eigenvalue weighted by molar-refractivity contribution is 5.58. The molecule has 4 heteroatoms. The van der Waals surface area contributed by atoms with E-state index in [-0.39, 0.29) is 5.54 Å². The standard InChI is InChI=1S/C19H23NO3/c1-21-16-5-4-8-19-14(16)7-10-20(19)9-6-13-11-17(22-2)18(23-3)12-15(13)19/h5,7,11-12H,4,6,8-10H2,1-3H3/t19-/m0/s1. The minimum Gasteiger partial charge on any atom is -0.497 e. The lowest BCUT2D eigenvalue weighted by Gasteiger charge is -2.47. The first-order chi connectivity index (χ1) is 11.2. The SMILES string of the molecule is COC1=CCC[C@@]23C1=CCN2CCc1cc(OC)c(OC)cc13. The summed E-state index contributed by atoms with van der Waals surface area (Å²) in [5, 5.41) is 0. The van der Waals surface area contributed by atoms with E-state index in [9.17, 15) is 0 Å². The third kappa shape index (κ3) is 1.88. The molecule has 2 heterocycles. The largest absolute Gasteiger partial charge is 0.497 e. The van der Waals surface area contributed by atoms with Crippen molar-refractivity contribution in [3.8, 4) is 11.5 Å². The highest BCUT2D eigenvalue weighted by Gasteiger charge is 2.50. The van der Waals surface area contributed by atoms with Crippen LogP contribution in [0.15, 0.2) is 35.6 Å². The Morgan fingerprint density at radius 3 is 2.52 bits per heavy atom. The lowest BCUT2D eigenvalue weighted by atomic mass is 9.71. The molecule has 4 rings (SSSR count). The number of allylic oxidation sites excluding steroid dienone is 1. The molecule has 0 N–H and O–H groups in total. The van der Waals surface area contributed by atoms with E-state index in [2.05, 4.69) is 29.2 Å². The molecular formula is C19H23NO3. The third-order valence-corrected chi connectivity index (χ3v) is 5.53. The Balaban J connectivity index is 1.92. The second kappa shape index (κ2) is 5.31. The Labute approximate surface area is 137 Å². The lowest BCUT2D eigenvalue weighted by molar-refractivity contribution is 0.118. The number of nitrogens with zero attached hydrogens (tertiary/aromatic N) is 1. The van der Waals surface area contributed by atoms with Crippen LogP contribution in [-0.2, 0) is 16.7 Å². The Bertz CT molecular complexity index is 707. The van der Waals surface area contributed by atoms with Crippen molar-refractivity contribution in [1.29, 1.82) is 0 Å². The van der Waals surface area contributed by atoms with Crippen LogP contribution in [0.3, 0.4) is 0 Å². The van der Waals surface area contributed by atoms with Gasteiger partial charge in [0.05, 0.1) is 26.9 Å². The van der Waals surface area contributed by atoms with Gasteiger partial charge in [-0.1, -0.05) is 6.08 Å². The quantitative estimate of drug-likeness (QED) is 0.858. The molecule has 0 fully saturated rings. The van der Waals surface area contributed by atoms with E-state index >= 15 is 0 Å². The normalized spacial score (nSPS) is 25.7. The van der Waals surface area contributed by atoms with Gasteiger partial charge in [-0.15, -0.1) is 0 Å². The van der Waals surface area contributed by atoms with Crippen LogP contribution in [0.2, 0.25) is 0 Å². The Kier molecular flexibility index (Phi) is 3.38. The van der Waals surface area contributed by atoms with Gasteiger partial charge in [0.1, 0.15) is 5.76 Å². The zero-order valence-electron chi connectivity index (χ0n) is 14.0. The number of hydrogen-bond acceptors (Lipinski definition) is 4. The number of rotatable bonds is 3. The number of ether oxygens (including phenoxy) is 3. The molecule has 23 heavy (non-hydrogen) atoms. The zero-order valence-corrected chi connectivity index (χ0v) is 14.0. The number of fused-ring (bicyclic) bond motifs is 1. The fourth-order valence-corrected chi connectivity index (χ4v) is 4.51. The Hall–Kier alpha value is -1.94. The third-order valence-electron chi connectivity index (χ3n) is 5.53.